The Bertz CT molecular complexity index is 1080. The van der Waals surface area contributed by atoms with Crippen molar-refractivity contribution < 1.29 is 29.0 Å². The zero-order valence-corrected chi connectivity index (χ0v) is 20.5. The van der Waals surface area contributed by atoms with Crippen LogP contribution >= 0.6 is 0 Å². The molecule has 2 aromatic carbocycles. The van der Waals surface area contributed by atoms with Crippen molar-refractivity contribution in [3.8, 4) is 11.1 Å². The van der Waals surface area contributed by atoms with Crippen LogP contribution in [0.15, 0.2) is 60.2 Å². The first kappa shape index (κ1) is 26.0. The fourth-order valence-corrected chi connectivity index (χ4v) is 4.20. The first-order valence-electron chi connectivity index (χ1n) is 11.5. The van der Waals surface area contributed by atoms with Crippen molar-refractivity contribution >= 4 is 18.0 Å². The second kappa shape index (κ2) is 11.2. The third kappa shape index (κ3) is 6.08. The Kier molecular flexibility index (Phi) is 8.30. The van der Waals surface area contributed by atoms with Crippen molar-refractivity contribution in [1.29, 1.82) is 0 Å². The summed E-state index contributed by atoms with van der Waals surface area (Å²) < 4.78 is 10.7. The van der Waals surface area contributed by atoms with Crippen LogP contribution in [0.2, 0.25) is 0 Å². The standard InChI is InChI=1S/C27H32N2O6/c1-17(2)13-14-23(24(30)31)28-25(32)27(3,16-34-4)29-26(33)35-15-22-20-11-7-5-9-18(20)19-10-6-8-12-21(19)22/h5-13,22-23H,14-16H2,1-4H3,(H,28,32)(H,29,33)(H,30,31). The number of ether oxygens (including phenoxy) is 2. The highest BCUT2D eigenvalue weighted by Gasteiger charge is 2.38. The van der Waals surface area contributed by atoms with Gasteiger partial charge in [-0.05, 0) is 49.4 Å². The Morgan fingerprint density at radius 2 is 1.63 bits per heavy atom. The Hall–Kier alpha value is -3.65. The summed E-state index contributed by atoms with van der Waals surface area (Å²) in [5.74, 6) is -1.98. The molecule has 0 fully saturated rings. The van der Waals surface area contributed by atoms with Gasteiger partial charge in [0.25, 0.3) is 0 Å². The van der Waals surface area contributed by atoms with E-state index in [2.05, 4.69) is 10.6 Å². The lowest BCUT2D eigenvalue weighted by molar-refractivity contribution is -0.143. The predicted octanol–water partition coefficient (Wildman–Crippen LogP) is 3.86. The van der Waals surface area contributed by atoms with Gasteiger partial charge in [0, 0.05) is 13.0 Å². The summed E-state index contributed by atoms with van der Waals surface area (Å²) in [5.41, 5.74) is 3.76. The molecule has 8 heteroatoms. The van der Waals surface area contributed by atoms with Crippen molar-refractivity contribution in [1.82, 2.24) is 10.6 Å². The molecule has 0 saturated heterocycles. The van der Waals surface area contributed by atoms with E-state index in [9.17, 15) is 19.5 Å². The van der Waals surface area contributed by atoms with Gasteiger partial charge < -0.3 is 25.2 Å². The van der Waals surface area contributed by atoms with Gasteiger partial charge in [0.2, 0.25) is 5.91 Å². The lowest BCUT2D eigenvalue weighted by Crippen LogP contribution is -2.61. The van der Waals surface area contributed by atoms with Crippen molar-refractivity contribution in [2.45, 2.75) is 44.7 Å². The zero-order chi connectivity index (χ0) is 25.6. The van der Waals surface area contributed by atoms with Gasteiger partial charge in [0.05, 0.1) is 6.61 Å². The van der Waals surface area contributed by atoms with E-state index in [-0.39, 0.29) is 25.6 Å². The number of hydrogen-bond donors (Lipinski definition) is 3. The first-order chi connectivity index (χ1) is 16.7. The number of fused-ring (bicyclic) bond motifs is 3. The summed E-state index contributed by atoms with van der Waals surface area (Å²) in [6.07, 6.45) is 1.06. The molecule has 0 aliphatic heterocycles. The highest BCUT2D eigenvalue weighted by atomic mass is 16.5. The normalized spacial score (nSPS) is 14.6. The summed E-state index contributed by atoms with van der Waals surface area (Å²) in [6, 6.07) is 14.8. The maximum absolute atomic E-state index is 13.0. The number of carboxylic acids is 1. The zero-order valence-electron chi connectivity index (χ0n) is 20.5. The molecule has 3 rings (SSSR count). The average molecular weight is 481 g/mol. The summed E-state index contributed by atoms with van der Waals surface area (Å²) in [7, 11) is 1.39. The number of aliphatic carboxylic acids is 1. The molecule has 0 spiro atoms. The number of allylic oxidation sites excluding steroid dienone is 1. The maximum Gasteiger partial charge on any atom is 0.408 e. The van der Waals surface area contributed by atoms with Gasteiger partial charge in [-0.25, -0.2) is 9.59 Å². The van der Waals surface area contributed by atoms with Gasteiger partial charge in [0.15, 0.2) is 0 Å². The molecule has 3 N–H and O–H groups in total. The van der Waals surface area contributed by atoms with Gasteiger partial charge in [0.1, 0.15) is 18.2 Å². The van der Waals surface area contributed by atoms with Crippen LogP contribution in [0.25, 0.3) is 11.1 Å². The Morgan fingerprint density at radius 1 is 1.06 bits per heavy atom. The van der Waals surface area contributed by atoms with Gasteiger partial charge in [-0.1, -0.05) is 60.2 Å². The number of rotatable bonds is 10. The quantitative estimate of drug-likeness (QED) is 0.445. The van der Waals surface area contributed by atoms with Crippen LogP contribution in [0.1, 0.15) is 44.2 Å². The topological polar surface area (TPSA) is 114 Å². The second-order valence-electron chi connectivity index (χ2n) is 9.10. The van der Waals surface area contributed by atoms with Crippen molar-refractivity contribution in [3.63, 3.8) is 0 Å². The molecule has 2 unspecified atom stereocenters. The Balaban J connectivity index is 1.69. The van der Waals surface area contributed by atoms with Crippen molar-refractivity contribution in [3.05, 3.63) is 71.3 Å². The van der Waals surface area contributed by atoms with Crippen LogP contribution in [0.5, 0.6) is 0 Å². The summed E-state index contributed by atoms with van der Waals surface area (Å²) in [4.78, 5) is 37.4. The number of amides is 2. The van der Waals surface area contributed by atoms with Crippen LogP contribution < -0.4 is 10.6 Å². The van der Waals surface area contributed by atoms with Crippen LogP contribution in [0, 0.1) is 0 Å². The van der Waals surface area contributed by atoms with Crippen LogP contribution in [0.3, 0.4) is 0 Å². The molecule has 35 heavy (non-hydrogen) atoms. The van der Waals surface area contributed by atoms with Gasteiger partial charge >= 0.3 is 12.1 Å². The van der Waals surface area contributed by atoms with E-state index in [4.69, 9.17) is 9.47 Å². The monoisotopic (exact) mass is 480 g/mol. The van der Waals surface area contributed by atoms with Crippen molar-refractivity contribution in [2.24, 2.45) is 0 Å². The van der Waals surface area contributed by atoms with E-state index in [0.29, 0.717) is 0 Å². The molecular formula is C27H32N2O6. The number of carbonyl (C=O) groups is 3. The Morgan fingerprint density at radius 3 is 2.14 bits per heavy atom. The van der Waals surface area contributed by atoms with E-state index in [1.165, 1.54) is 14.0 Å². The smallest absolute Gasteiger partial charge is 0.408 e. The molecule has 2 aromatic rings. The van der Waals surface area contributed by atoms with E-state index >= 15 is 0 Å². The third-order valence-corrected chi connectivity index (χ3v) is 6.02. The van der Waals surface area contributed by atoms with Crippen LogP contribution in [0.4, 0.5) is 4.79 Å². The highest BCUT2D eigenvalue weighted by Crippen LogP contribution is 2.44. The van der Waals surface area contributed by atoms with E-state index in [0.717, 1.165) is 27.8 Å². The minimum absolute atomic E-state index is 0.0862. The molecule has 0 aromatic heterocycles. The molecule has 0 saturated carbocycles. The maximum atomic E-state index is 13.0. The van der Waals surface area contributed by atoms with Gasteiger partial charge in [-0.15, -0.1) is 0 Å². The number of methoxy groups -OCH3 is 1. The third-order valence-electron chi connectivity index (χ3n) is 6.02. The predicted molar refractivity (Wildman–Crippen MR) is 132 cm³/mol. The lowest BCUT2D eigenvalue weighted by Gasteiger charge is -2.30. The highest BCUT2D eigenvalue weighted by molar-refractivity contribution is 5.92. The fraction of sp³-hybridized carbons (Fsp3) is 0.370. The van der Waals surface area contributed by atoms with Crippen LogP contribution in [-0.4, -0.2) is 55.0 Å². The van der Waals surface area contributed by atoms with E-state index in [1.807, 2.05) is 62.4 Å². The van der Waals surface area contributed by atoms with E-state index < -0.39 is 29.6 Å². The average Bonchev–Trinajstić information content (AvgIpc) is 3.13. The summed E-state index contributed by atoms with van der Waals surface area (Å²) >= 11 is 0. The molecule has 0 heterocycles. The largest absolute Gasteiger partial charge is 0.480 e. The molecule has 0 bridgehead atoms. The van der Waals surface area contributed by atoms with Gasteiger partial charge in [-0.3, -0.25) is 4.79 Å². The number of carbonyl (C=O) groups excluding carboxylic acids is 2. The molecule has 1 aliphatic carbocycles. The van der Waals surface area contributed by atoms with Crippen LogP contribution in [-0.2, 0) is 19.1 Å². The molecule has 1 aliphatic rings. The number of hydrogen-bond acceptors (Lipinski definition) is 5. The summed E-state index contributed by atoms with van der Waals surface area (Å²) in [5, 5.41) is 14.6. The second-order valence-corrected chi connectivity index (χ2v) is 9.10. The lowest BCUT2D eigenvalue weighted by atomic mass is 9.98. The minimum atomic E-state index is -1.53. The number of alkyl carbamates (subject to hydrolysis) is 1. The van der Waals surface area contributed by atoms with Gasteiger partial charge in [-0.2, -0.15) is 0 Å². The fourth-order valence-electron chi connectivity index (χ4n) is 4.20. The van der Waals surface area contributed by atoms with Crippen molar-refractivity contribution in [2.75, 3.05) is 20.3 Å². The SMILES string of the molecule is COCC(C)(NC(=O)OCC1c2ccccc2-c2ccccc21)C(=O)NC(CC=C(C)C)C(=O)O. The molecule has 2 atom stereocenters. The number of benzene rings is 2. The molecule has 8 nitrogen and oxygen atoms in total. The number of nitrogens with one attached hydrogen (secondary N) is 2. The molecule has 2 amide bonds. The minimum Gasteiger partial charge on any atom is -0.480 e. The molecule has 186 valence electrons. The summed E-state index contributed by atoms with van der Waals surface area (Å²) in [6.45, 7) is 5.07. The Labute approximate surface area is 205 Å². The van der Waals surface area contributed by atoms with E-state index in [1.54, 1.807) is 6.08 Å². The number of carboxylic acid groups (broad SMARTS) is 1. The first-order valence-corrected chi connectivity index (χ1v) is 11.5. The molecule has 0 radical (unpaired) electrons. The molecular weight excluding hydrogens is 448 g/mol.